The lowest BCUT2D eigenvalue weighted by Gasteiger charge is -2.09. The Hall–Kier alpha value is -6.86. The minimum absolute atomic E-state index is 0.214. The fraction of sp³-hybridized carbons (Fsp3) is 0.128. The van der Waals surface area contributed by atoms with Crippen LogP contribution >= 0.6 is 0 Å². The van der Waals surface area contributed by atoms with Crippen molar-refractivity contribution in [1.29, 1.82) is 0 Å². The molecule has 0 unspecified atom stereocenters. The molecule has 0 aliphatic heterocycles. The smallest absolute Gasteiger partial charge is 0.330 e. The summed E-state index contributed by atoms with van der Waals surface area (Å²) >= 11 is 0. The summed E-state index contributed by atoms with van der Waals surface area (Å²) in [5, 5.41) is 14.1. The number of carbonyl (C=O) groups is 6. The van der Waals surface area contributed by atoms with Crippen molar-refractivity contribution in [1.82, 2.24) is 5.48 Å². The molecular weight excluding hydrogens is 666 g/mol. The number of hydrogen-bond donors (Lipinski definition) is 6. The zero-order chi connectivity index (χ0) is 37.9. The third-order valence-corrected chi connectivity index (χ3v) is 7.24. The zero-order valence-electron chi connectivity index (χ0n) is 28.3. The number of rotatable bonds is 14. The molecule has 0 fully saturated rings. The van der Waals surface area contributed by atoms with Crippen LogP contribution in [0.3, 0.4) is 0 Å². The van der Waals surface area contributed by atoms with Crippen LogP contribution in [-0.4, -0.2) is 47.8 Å². The molecule has 4 aromatic carbocycles. The SMILES string of the molecule is COC(=O)/C=C/c1ccccc1NC(=O)c1cccc(CCC(N)=O)c1.NC(=O)CCc1cccc(C(=O)Nc2ccccc2/C=C/C(=O)NO)c1. The molecule has 0 bridgehead atoms. The van der Waals surface area contributed by atoms with E-state index in [4.69, 9.17) is 16.7 Å². The number of ether oxygens (including phenoxy) is 1. The number of hydrogen-bond acceptors (Lipinski definition) is 8. The molecule has 0 aromatic heterocycles. The Labute approximate surface area is 300 Å². The summed E-state index contributed by atoms with van der Waals surface area (Å²) in [6.07, 6.45) is 6.87. The molecule has 0 aliphatic carbocycles. The second-order valence-corrected chi connectivity index (χ2v) is 11.1. The van der Waals surface area contributed by atoms with Gasteiger partial charge < -0.3 is 26.8 Å². The van der Waals surface area contributed by atoms with Gasteiger partial charge in [0.25, 0.3) is 17.7 Å². The van der Waals surface area contributed by atoms with Crippen LogP contribution < -0.4 is 27.6 Å². The molecule has 13 nitrogen and oxygen atoms in total. The number of esters is 1. The standard InChI is InChI=1S/C20H20N2O4.C19H19N3O4/c1-26-19(24)12-10-15-6-2-3-8-17(15)22-20(25)16-7-4-5-14(13-16)9-11-18(21)23;20-17(23)10-8-13-4-3-6-15(12-13)19(25)21-16-7-2-1-5-14(16)9-11-18(24)22-26/h2-8,10,12-13H,9,11H2,1H3,(H2,21,23)(H,22,25);1-7,9,11-12,26H,8,10H2,(H2,20,23)(H,21,25)(H,22,24)/b12-10+;11-9+. The van der Waals surface area contributed by atoms with E-state index < -0.39 is 17.8 Å². The third kappa shape index (κ3) is 13.6. The lowest BCUT2D eigenvalue weighted by Crippen LogP contribution is -2.15. The molecule has 0 saturated heterocycles. The van der Waals surface area contributed by atoms with Gasteiger partial charge in [0.2, 0.25) is 11.8 Å². The summed E-state index contributed by atoms with van der Waals surface area (Å²) in [6.45, 7) is 0. The van der Waals surface area contributed by atoms with Gasteiger partial charge >= 0.3 is 5.97 Å². The van der Waals surface area contributed by atoms with Crippen molar-refractivity contribution in [3.8, 4) is 0 Å². The van der Waals surface area contributed by atoms with Crippen LogP contribution in [0.1, 0.15) is 55.8 Å². The molecule has 52 heavy (non-hydrogen) atoms. The highest BCUT2D eigenvalue weighted by Gasteiger charge is 2.11. The normalized spacial score (nSPS) is 10.5. The van der Waals surface area contributed by atoms with Crippen LogP contribution in [0.15, 0.2) is 109 Å². The topological polar surface area (TPSA) is 220 Å². The lowest BCUT2D eigenvalue weighted by molar-refractivity contribution is -0.134. The van der Waals surface area contributed by atoms with Crippen molar-refractivity contribution >= 4 is 59.0 Å². The highest BCUT2D eigenvalue weighted by Crippen LogP contribution is 2.20. The van der Waals surface area contributed by atoms with Gasteiger partial charge in [0.05, 0.1) is 7.11 Å². The minimum Gasteiger partial charge on any atom is -0.466 e. The van der Waals surface area contributed by atoms with Gasteiger partial charge in [-0.15, -0.1) is 0 Å². The summed E-state index contributed by atoms with van der Waals surface area (Å²) in [4.78, 5) is 69.2. The van der Waals surface area contributed by atoms with Gasteiger partial charge in [-0.05, 0) is 83.6 Å². The van der Waals surface area contributed by atoms with Crippen LogP contribution in [0.2, 0.25) is 0 Å². The number of primary amides is 2. The Morgan fingerprint density at radius 2 is 1.08 bits per heavy atom. The minimum atomic E-state index is -0.673. The number of aryl methyl sites for hydroxylation is 2. The summed E-state index contributed by atoms with van der Waals surface area (Å²) in [5.41, 5.74) is 16.8. The van der Waals surface area contributed by atoms with Crippen LogP contribution in [-0.2, 0) is 36.8 Å². The summed E-state index contributed by atoms with van der Waals surface area (Å²) < 4.78 is 4.57. The number of para-hydroxylation sites is 2. The van der Waals surface area contributed by atoms with Gasteiger partial charge in [-0.1, -0.05) is 60.7 Å². The quantitative estimate of drug-likeness (QED) is 0.0476. The van der Waals surface area contributed by atoms with Crippen molar-refractivity contribution in [3.05, 3.63) is 143 Å². The van der Waals surface area contributed by atoms with E-state index in [1.807, 2.05) is 12.1 Å². The monoisotopic (exact) mass is 705 g/mol. The highest BCUT2D eigenvalue weighted by molar-refractivity contribution is 6.06. The first-order valence-corrected chi connectivity index (χ1v) is 15.9. The molecule has 0 atom stereocenters. The molecule has 4 rings (SSSR count). The Morgan fingerprint density at radius 1 is 0.635 bits per heavy atom. The van der Waals surface area contributed by atoms with E-state index in [0.29, 0.717) is 46.5 Å². The number of carbonyl (C=O) groups excluding carboxylic acids is 6. The van der Waals surface area contributed by atoms with E-state index in [-0.39, 0.29) is 30.6 Å². The van der Waals surface area contributed by atoms with Gasteiger partial charge in [0.1, 0.15) is 0 Å². The van der Waals surface area contributed by atoms with E-state index in [9.17, 15) is 28.8 Å². The van der Waals surface area contributed by atoms with E-state index in [1.54, 1.807) is 91.0 Å². The first-order valence-electron chi connectivity index (χ1n) is 15.9. The van der Waals surface area contributed by atoms with Gasteiger partial charge in [-0.25, -0.2) is 10.3 Å². The molecule has 13 heteroatoms. The average molecular weight is 706 g/mol. The largest absolute Gasteiger partial charge is 0.466 e. The van der Waals surface area contributed by atoms with Crippen molar-refractivity contribution in [2.24, 2.45) is 11.5 Å². The highest BCUT2D eigenvalue weighted by atomic mass is 16.5. The fourth-order valence-corrected chi connectivity index (χ4v) is 4.60. The number of hydroxylamine groups is 1. The lowest BCUT2D eigenvalue weighted by atomic mass is 10.1. The van der Waals surface area contributed by atoms with E-state index in [1.165, 1.54) is 24.7 Å². The van der Waals surface area contributed by atoms with Crippen molar-refractivity contribution in [3.63, 3.8) is 0 Å². The van der Waals surface area contributed by atoms with Gasteiger partial charge in [-0.3, -0.25) is 29.2 Å². The first-order chi connectivity index (χ1) is 25.0. The molecule has 8 N–H and O–H groups in total. The maximum atomic E-state index is 12.5. The van der Waals surface area contributed by atoms with Crippen LogP contribution in [0.25, 0.3) is 12.2 Å². The van der Waals surface area contributed by atoms with Crippen molar-refractivity contribution in [2.45, 2.75) is 25.7 Å². The molecular formula is C39H39N5O8. The average Bonchev–Trinajstić information content (AvgIpc) is 3.15. The number of amides is 5. The zero-order valence-corrected chi connectivity index (χ0v) is 28.3. The van der Waals surface area contributed by atoms with Crippen LogP contribution in [0.4, 0.5) is 11.4 Å². The maximum Gasteiger partial charge on any atom is 0.330 e. The van der Waals surface area contributed by atoms with E-state index in [0.717, 1.165) is 17.2 Å². The Balaban J connectivity index is 0.000000280. The van der Waals surface area contributed by atoms with Crippen molar-refractivity contribution in [2.75, 3.05) is 17.7 Å². The first kappa shape index (κ1) is 39.6. The molecule has 0 spiro atoms. The molecule has 5 amide bonds. The predicted octanol–water partition coefficient (Wildman–Crippen LogP) is 4.42. The van der Waals surface area contributed by atoms with Gasteiger partial charge in [-0.2, -0.15) is 0 Å². The van der Waals surface area contributed by atoms with Gasteiger partial charge in [0.15, 0.2) is 0 Å². The van der Waals surface area contributed by atoms with Gasteiger partial charge in [0, 0.05) is 47.5 Å². The number of nitrogens with one attached hydrogen (secondary N) is 3. The van der Waals surface area contributed by atoms with E-state index in [2.05, 4.69) is 15.4 Å². The second-order valence-electron chi connectivity index (χ2n) is 11.1. The summed E-state index contributed by atoms with van der Waals surface area (Å²) in [5.74, 6) is -2.54. The third-order valence-electron chi connectivity index (χ3n) is 7.24. The Bertz CT molecular complexity index is 1830. The molecule has 0 radical (unpaired) electrons. The van der Waals surface area contributed by atoms with Crippen LogP contribution in [0.5, 0.6) is 0 Å². The second kappa shape index (κ2) is 20.6. The Kier molecular flexibility index (Phi) is 15.7. The summed E-state index contributed by atoms with van der Waals surface area (Å²) in [6, 6.07) is 28.0. The predicted molar refractivity (Wildman–Crippen MR) is 197 cm³/mol. The van der Waals surface area contributed by atoms with Crippen molar-refractivity contribution < 1.29 is 38.7 Å². The van der Waals surface area contributed by atoms with Crippen LogP contribution in [0, 0.1) is 0 Å². The molecule has 0 saturated carbocycles. The Morgan fingerprint density at radius 3 is 1.50 bits per heavy atom. The number of nitrogens with two attached hydrogens (primary N) is 2. The van der Waals surface area contributed by atoms with E-state index >= 15 is 0 Å². The number of methoxy groups -OCH3 is 1. The fourth-order valence-electron chi connectivity index (χ4n) is 4.60. The summed E-state index contributed by atoms with van der Waals surface area (Å²) in [7, 11) is 1.30. The molecule has 0 heterocycles. The number of anilines is 2. The molecule has 4 aromatic rings. The maximum absolute atomic E-state index is 12.5. The molecule has 0 aliphatic rings. The number of benzene rings is 4. The molecule has 268 valence electrons.